The van der Waals surface area contributed by atoms with Crippen LogP contribution < -0.4 is 9.64 Å². The Morgan fingerprint density at radius 1 is 1.37 bits per heavy atom. The number of nitrogens with zero attached hydrogens (tertiary/aromatic N) is 2. The molecule has 0 aliphatic carbocycles. The van der Waals surface area contributed by atoms with Crippen molar-refractivity contribution in [2.45, 2.75) is 18.7 Å². The number of hydrogen-bond donors (Lipinski definition) is 0. The normalized spacial score (nSPS) is 12.4. The molecule has 0 aliphatic heterocycles. The highest BCUT2D eigenvalue weighted by Gasteiger charge is 2.09. The van der Waals surface area contributed by atoms with E-state index in [0.717, 1.165) is 35.3 Å². The van der Waals surface area contributed by atoms with Gasteiger partial charge in [-0.05, 0) is 36.9 Å². The summed E-state index contributed by atoms with van der Waals surface area (Å²) in [7, 11) is 3.72. The van der Waals surface area contributed by atoms with Crippen LogP contribution in [0.5, 0.6) is 5.75 Å². The molecule has 1 atom stereocenters. The summed E-state index contributed by atoms with van der Waals surface area (Å²) in [6, 6.07) is 8.05. The molecule has 2 aromatic rings. The second-order valence-corrected chi connectivity index (χ2v) is 5.46. The van der Waals surface area contributed by atoms with Crippen LogP contribution in [0.2, 0.25) is 0 Å². The van der Waals surface area contributed by atoms with Crippen LogP contribution in [0.25, 0.3) is 10.8 Å². The summed E-state index contributed by atoms with van der Waals surface area (Å²) in [4.78, 5) is 6.63. The van der Waals surface area contributed by atoms with Crippen molar-refractivity contribution in [3.05, 3.63) is 30.5 Å². The number of fused-ring (bicyclic) bond motifs is 1. The minimum atomic E-state index is 0.173. The molecule has 0 aliphatic rings. The molecule has 0 bridgehead atoms. The van der Waals surface area contributed by atoms with Gasteiger partial charge in [0.2, 0.25) is 0 Å². The Morgan fingerprint density at radius 3 is 2.84 bits per heavy atom. The maximum atomic E-state index is 6.01. The molecule has 1 aromatic carbocycles. The summed E-state index contributed by atoms with van der Waals surface area (Å²) in [6.07, 6.45) is 2.77. The maximum absolute atomic E-state index is 6.01. The number of alkyl halides is 1. The van der Waals surface area contributed by atoms with Crippen LogP contribution in [0.15, 0.2) is 30.5 Å². The molecule has 1 aromatic heterocycles. The van der Waals surface area contributed by atoms with Gasteiger partial charge in [0.25, 0.3) is 0 Å². The standard InChI is InChI=1S/C15H19ClN2O/c1-11(16)7-9-18(2)15-14-10-13(19-3)5-4-12(14)6-8-17-15/h4-6,8,10-11H,7,9H2,1-3H3. The molecule has 1 unspecified atom stereocenters. The second kappa shape index (κ2) is 6.11. The number of aromatic nitrogens is 1. The number of halogens is 1. The molecule has 19 heavy (non-hydrogen) atoms. The molecule has 0 N–H and O–H groups in total. The van der Waals surface area contributed by atoms with Crippen molar-refractivity contribution in [3.8, 4) is 5.75 Å². The van der Waals surface area contributed by atoms with Crippen molar-refractivity contribution in [2.24, 2.45) is 0 Å². The lowest BCUT2D eigenvalue weighted by Crippen LogP contribution is -2.21. The molecule has 2 rings (SSSR count). The number of benzene rings is 1. The van der Waals surface area contributed by atoms with Gasteiger partial charge in [0.05, 0.1) is 7.11 Å². The first kappa shape index (κ1) is 13.9. The fourth-order valence-corrected chi connectivity index (χ4v) is 2.14. The highest BCUT2D eigenvalue weighted by molar-refractivity contribution is 6.20. The van der Waals surface area contributed by atoms with E-state index in [0.29, 0.717) is 0 Å². The van der Waals surface area contributed by atoms with Gasteiger partial charge in [0.1, 0.15) is 11.6 Å². The van der Waals surface area contributed by atoms with E-state index in [1.54, 1.807) is 7.11 Å². The molecule has 4 heteroatoms. The average Bonchev–Trinajstić information content (AvgIpc) is 2.43. The smallest absolute Gasteiger partial charge is 0.136 e. The van der Waals surface area contributed by atoms with Gasteiger partial charge in [-0.25, -0.2) is 4.98 Å². The van der Waals surface area contributed by atoms with Crippen molar-refractivity contribution < 1.29 is 4.74 Å². The van der Waals surface area contributed by atoms with Crippen molar-refractivity contribution in [1.82, 2.24) is 4.98 Å². The third kappa shape index (κ3) is 3.29. The number of pyridine rings is 1. The summed E-state index contributed by atoms with van der Waals surface area (Å²) >= 11 is 6.01. The summed E-state index contributed by atoms with van der Waals surface area (Å²) in [5.74, 6) is 1.81. The van der Waals surface area contributed by atoms with Crippen LogP contribution >= 0.6 is 11.6 Å². The lowest BCUT2D eigenvalue weighted by molar-refractivity contribution is 0.415. The number of anilines is 1. The van der Waals surface area contributed by atoms with Gasteiger partial charge in [-0.3, -0.25) is 0 Å². The van der Waals surface area contributed by atoms with E-state index in [-0.39, 0.29) is 5.38 Å². The maximum Gasteiger partial charge on any atom is 0.136 e. The molecule has 0 amide bonds. The van der Waals surface area contributed by atoms with Gasteiger partial charge in [-0.1, -0.05) is 6.07 Å². The van der Waals surface area contributed by atoms with Gasteiger partial charge in [-0.2, -0.15) is 0 Å². The minimum absolute atomic E-state index is 0.173. The molecule has 1 heterocycles. The van der Waals surface area contributed by atoms with Gasteiger partial charge in [-0.15, -0.1) is 11.6 Å². The van der Waals surface area contributed by atoms with Gasteiger partial charge in [0.15, 0.2) is 0 Å². The zero-order valence-electron chi connectivity index (χ0n) is 11.6. The molecule has 0 spiro atoms. The average molecular weight is 279 g/mol. The van der Waals surface area contributed by atoms with E-state index in [9.17, 15) is 0 Å². The molecular weight excluding hydrogens is 260 g/mol. The first-order valence-electron chi connectivity index (χ1n) is 6.40. The predicted molar refractivity (Wildman–Crippen MR) is 81.5 cm³/mol. The lowest BCUT2D eigenvalue weighted by atomic mass is 10.1. The fourth-order valence-electron chi connectivity index (χ4n) is 2.04. The highest BCUT2D eigenvalue weighted by atomic mass is 35.5. The molecule has 102 valence electrons. The Bertz CT molecular complexity index is 557. The first-order chi connectivity index (χ1) is 9.11. The molecule has 0 fully saturated rings. The Morgan fingerprint density at radius 2 is 2.16 bits per heavy atom. The van der Waals surface area contributed by atoms with Crippen LogP contribution in [0.1, 0.15) is 13.3 Å². The predicted octanol–water partition coefficient (Wildman–Crippen LogP) is 3.70. The number of ether oxygens (including phenoxy) is 1. The van der Waals surface area contributed by atoms with Crippen LogP contribution in [-0.2, 0) is 0 Å². The molecule has 0 saturated heterocycles. The zero-order chi connectivity index (χ0) is 13.8. The fraction of sp³-hybridized carbons (Fsp3) is 0.400. The third-order valence-corrected chi connectivity index (χ3v) is 3.39. The highest BCUT2D eigenvalue weighted by Crippen LogP contribution is 2.27. The van der Waals surface area contributed by atoms with E-state index in [2.05, 4.69) is 16.0 Å². The van der Waals surface area contributed by atoms with Crippen LogP contribution in [0.4, 0.5) is 5.82 Å². The van der Waals surface area contributed by atoms with E-state index in [4.69, 9.17) is 16.3 Å². The van der Waals surface area contributed by atoms with Gasteiger partial charge in [0, 0.05) is 30.6 Å². The van der Waals surface area contributed by atoms with Crippen LogP contribution in [-0.4, -0.2) is 31.1 Å². The van der Waals surface area contributed by atoms with Crippen LogP contribution in [0, 0.1) is 0 Å². The molecular formula is C15H19ClN2O. The number of methoxy groups -OCH3 is 1. The van der Waals surface area contributed by atoms with E-state index in [1.165, 1.54) is 0 Å². The van der Waals surface area contributed by atoms with E-state index in [1.807, 2.05) is 38.4 Å². The summed E-state index contributed by atoms with van der Waals surface area (Å²) in [5, 5.41) is 2.44. The van der Waals surface area contributed by atoms with Gasteiger partial charge >= 0.3 is 0 Å². The summed E-state index contributed by atoms with van der Waals surface area (Å²) < 4.78 is 5.29. The molecule has 0 saturated carbocycles. The Balaban J connectivity index is 2.35. The van der Waals surface area contributed by atoms with Crippen molar-refractivity contribution in [2.75, 3.05) is 25.6 Å². The number of rotatable bonds is 5. The first-order valence-corrected chi connectivity index (χ1v) is 6.83. The van der Waals surface area contributed by atoms with E-state index >= 15 is 0 Å². The minimum Gasteiger partial charge on any atom is -0.497 e. The largest absolute Gasteiger partial charge is 0.497 e. The Kier molecular flexibility index (Phi) is 4.48. The Labute approximate surface area is 119 Å². The summed E-state index contributed by atoms with van der Waals surface area (Å²) in [5.41, 5.74) is 0. The van der Waals surface area contributed by atoms with Crippen molar-refractivity contribution in [1.29, 1.82) is 0 Å². The topological polar surface area (TPSA) is 25.4 Å². The quantitative estimate of drug-likeness (QED) is 0.780. The Hall–Kier alpha value is -1.48. The SMILES string of the molecule is COc1ccc2ccnc(N(C)CCC(C)Cl)c2c1. The van der Waals surface area contributed by atoms with Gasteiger partial charge < -0.3 is 9.64 Å². The molecule has 3 nitrogen and oxygen atoms in total. The van der Waals surface area contributed by atoms with E-state index < -0.39 is 0 Å². The van der Waals surface area contributed by atoms with Crippen molar-refractivity contribution in [3.63, 3.8) is 0 Å². The monoisotopic (exact) mass is 278 g/mol. The lowest BCUT2D eigenvalue weighted by Gasteiger charge is -2.20. The second-order valence-electron chi connectivity index (χ2n) is 4.71. The number of hydrogen-bond acceptors (Lipinski definition) is 3. The third-order valence-electron chi connectivity index (χ3n) is 3.18. The van der Waals surface area contributed by atoms with Crippen molar-refractivity contribution >= 4 is 28.2 Å². The zero-order valence-corrected chi connectivity index (χ0v) is 12.3. The summed E-state index contributed by atoms with van der Waals surface area (Å²) in [6.45, 7) is 2.89. The van der Waals surface area contributed by atoms with Crippen LogP contribution in [0.3, 0.4) is 0 Å². The molecule has 0 radical (unpaired) electrons.